The molecule has 0 radical (unpaired) electrons. The van der Waals surface area contributed by atoms with Gasteiger partial charge in [-0.15, -0.1) is 0 Å². The summed E-state index contributed by atoms with van der Waals surface area (Å²) in [5, 5.41) is 8.00. The highest BCUT2D eigenvalue weighted by molar-refractivity contribution is 6.68. The van der Waals surface area contributed by atoms with Crippen LogP contribution in [0.25, 0.3) is 0 Å². The molecule has 0 unspecified atom stereocenters. The van der Waals surface area contributed by atoms with Crippen molar-refractivity contribution in [1.29, 1.82) is 0 Å². The lowest BCUT2D eigenvalue weighted by atomic mass is 10.5. The van der Waals surface area contributed by atoms with E-state index < -0.39 is 16.2 Å². The third-order valence-corrected chi connectivity index (χ3v) is 0.753. The van der Waals surface area contributed by atoms with Crippen LogP contribution in [0.3, 0.4) is 0 Å². The van der Waals surface area contributed by atoms with Gasteiger partial charge in [0.05, 0.1) is 6.42 Å². The summed E-state index contributed by atoms with van der Waals surface area (Å²) in [6, 6.07) is 0. The Kier molecular flexibility index (Phi) is 5.57. The van der Waals surface area contributed by atoms with Crippen LogP contribution in [0.15, 0.2) is 0 Å². The molecule has 0 rings (SSSR count). The van der Waals surface area contributed by atoms with Crippen molar-refractivity contribution in [1.82, 2.24) is 0 Å². The number of carboxylic acids is 1. The van der Waals surface area contributed by atoms with Crippen molar-refractivity contribution in [2.45, 2.75) is 10.2 Å². The summed E-state index contributed by atoms with van der Waals surface area (Å²) in [5.74, 6) is -1.12. The van der Waals surface area contributed by atoms with Gasteiger partial charge in [0.1, 0.15) is 0 Å². The molecule has 0 heterocycles. The Labute approximate surface area is 66.8 Å². The van der Waals surface area contributed by atoms with Crippen LogP contribution in [0.1, 0.15) is 6.42 Å². The molecule has 0 atom stereocenters. The number of halogens is 3. The highest BCUT2D eigenvalue weighted by atomic mass is 35.6. The Bertz CT molecular complexity index is 97.0. The molecule has 0 fully saturated rings. The van der Waals surface area contributed by atoms with E-state index in [2.05, 4.69) is 0 Å². The first kappa shape index (κ1) is 12.0. The van der Waals surface area contributed by atoms with E-state index >= 15 is 0 Å². The smallest absolute Gasteiger partial charge is 0.307 e. The maximum atomic E-state index is 9.76. The Morgan fingerprint density at radius 1 is 1.44 bits per heavy atom. The monoisotopic (exact) mass is 194 g/mol. The van der Waals surface area contributed by atoms with Gasteiger partial charge in [0.2, 0.25) is 3.79 Å². The predicted molar refractivity (Wildman–Crippen MR) is 36.2 cm³/mol. The van der Waals surface area contributed by atoms with E-state index in [-0.39, 0.29) is 5.48 Å². The second-order valence-corrected chi connectivity index (χ2v) is 3.70. The minimum Gasteiger partial charge on any atom is -0.481 e. The van der Waals surface area contributed by atoms with Gasteiger partial charge < -0.3 is 10.6 Å². The van der Waals surface area contributed by atoms with Gasteiger partial charge in [-0.2, -0.15) is 0 Å². The second-order valence-electron chi connectivity index (χ2n) is 1.19. The normalized spacial score (nSPS) is 10.1. The lowest BCUT2D eigenvalue weighted by Crippen LogP contribution is -2.09. The zero-order valence-electron chi connectivity index (χ0n) is 4.20. The van der Waals surface area contributed by atoms with E-state index in [1.807, 2.05) is 0 Å². The zero-order chi connectivity index (χ0) is 6.78. The molecule has 0 saturated carbocycles. The Balaban J connectivity index is 0. The van der Waals surface area contributed by atoms with Crippen LogP contribution in [0, 0.1) is 0 Å². The molecular weight excluding hydrogens is 190 g/mol. The highest BCUT2D eigenvalue weighted by Crippen LogP contribution is 2.29. The highest BCUT2D eigenvalue weighted by Gasteiger charge is 2.23. The molecule has 0 aliphatic carbocycles. The molecule has 3 nitrogen and oxygen atoms in total. The predicted octanol–water partition coefficient (Wildman–Crippen LogP) is 1.01. The van der Waals surface area contributed by atoms with Gasteiger partial charge >= 0.3 is 5.97 Å². The lowest BCUT2D eigenvalue weighted by Gasteiger charge is -2.03. The Hall–Kier alpha value is 0.300. The van der Waals surface area contributed by atoms with E-state index in [1.54, 1.807) is 0 Å². The molecule has 0 aromatic rings. The summed E-state index contributed by atoms with van der Waals surface area (Å²) in [6.07, 6.45) is -0.461. The fraction of sp³-hybridized carbons (Fsp3) is 0.667. The summed E-state index contributed by atoms with van der Waals surface area (Å²) in [4.78, 5) is 9.76. The SMILES string of the molecule is O.O=C(O)CC(Cl)(Cl)Cl. The fourth-order valence-electron chi connectivity index (χ4n) is 0.171. The first-order valence-electron chi connectivity index (χ1n) is 1.70. The van der Waals surface area contributed by atoms with Crippen molar-refractivity contribution in [3.63, 3.8) is 0 Å². The quantitative estimate of drug-likeness (QED) is 0.634. The number of hydrogen-bond acceptors (Lipinski definition) is 1. The molecule has 0 spiro atoms. The molecule has 3 N–H and O–H groups in total. The van der Waals surface area contributed by atoms with Gasteiger partial charge in [-0.25, -0.2) is 0 Å². The third kappa shape index (κ3) is 11.7. The van der Waals surface area contributed by atoms with Crippen molar-refractivity contribution >= 4 is 40.8 Å². The van der Waals surface area contributed by atoms with E-state index in [4.69, 9.17) is 39.9 Å². The van der Waals surface area contributed by atoms with Gasteiger partial charge in [-0.05, 0) is 0 Å². The van der Waals surface area contributed by atoms with Crippen LogP contribution in [0.2, 0.25) is 0 Å². The summed E-state index contributed by atoms with van der Waals surface area (Å²) in [5.41, 5.74) is 0. The average molecular weight is 195 g/mol. The van der Waals surface area contributed by atoms with Gasteiger partial charge in [0.25, 0.3) is 0 Å². The minimum atomic E-state index is -1.66. The summed E-state index contributed by atoms with van der Waals surface area (Å²) in [7, 11) is 0. The molecule has 0 saturated heterocycles. The number of hydrogen-bond donors (Lipinski definition) is 1. The molecule has 0 aliphatic heterocycles. The fourth-order valence-corrected chi connectivity index (χ4v) is 0.514. The number of carbonyl (C=O) groups is 1. The first-order valence-corrected chi connectivity index (χ1v) is 2.84. The van der Waals surface area contributed by atoms with Crippen LogP contribution in [-0.2, 0) is 4.79 Å². The number of rotatable bonds is 1. The minimum absolute atomic E-state index is 0. The van der Waals surface area contributed by atoms with Crippen LogP contribution >= 0.6 is 34.8 Å². The van der Waals surface area contributed by atoms with Crippen LogP contribution in [-0.4, -0.2) is 20.3 Å². The summed E-state index contributed by atoms with van der Waals surface area (Å²) < 4.78 is -1.66. The topological polar surface area (TPSA) is 68.8 Å². The molecular formula is C3H5Cl3O3. The van der Waals surface area contributed by atoms with Crippen molar-refractivity contribution in [3.8, 4) is 0 Å². The van der Waals surface area contributed by atoms with Crippen molar-refractivity contribution < 1.29 is 15.4 Å². The molecule has 56 valence electrons. The van der Waals surface area contributed by atoms with Crippen LogP contribution in [0.4, 0.5) is 0 Å². The van der Waals surface area contributed by atoms with E-state index in [9.17, 15) is 4.79 Å². The summed E-state index contributed by atoms with van der Waals surface area (Å²) in [6.45, 7) is 0. The molecule has 0 amide bonds. The summed E-state index contributed by atoms with van der Waals surface area (Å²) >= 11 is 15.2. The Morgan fingerprint density at radius 2 is 1.78 bits per heavy atom. The molecule has 0 aliphatic rings. The molecule has 0 aromatic carbocycles. The van der Waals surface area contributed by atoms with Gasteiger partial charge in [0, 0.05) is 0 Å². The lowest BCUT2D eigenvalue weighted by molar-refractivity contribution is -0.136. The second kappa shape index (κ2) is 4.17. The standard InChI is InChI=1S/C3H3Cl3O2.H2O/c4-3(5,6)1-2(7)8;/h1H2,(H,7,8);1H2. The first-order chi connectivity index (χ1) is 3.42. The maximum Gasteiger partial charge on any atom is 0.307 e. The molecule has 0 aromatic heterocycles. The van der Waals surface area contributed by atoms with E-state index in [1.165, 1.54) is 0 Å². The van der Waals surface area contributed by atoms with Gasteiger partial charge in [0.15, 0.2) is 0 Å². The Morgan fingerprint density at radius 3 is 1.78 bits per heavy atom. The molecule has 0 bridgehead atoms. The molecule has 6 heteroatoms. The van der Waals surface area contributed by atoms with E-state index in [0.29, 0.717) is 0 Å². The van der Waals surface area contributed by atoms with Crippen molar-refractivity contribution in [3.05, 3.63) is 0 Å². The van der Waals surface area contributed by atoms with E-state index in [0.717, 1.165) is 0 Å². The number of carboxylic acid groups (broad SMARTS) is 1. The van der Waals surface area contributed by atoms with Crippen molar-refractivity contribution in [2.24, 2.45) is 0 Å². The largest absolute Gasteiger partial charge is 0.481 e. The average Bonchev–Trinajstić information content (AvgIpc) is 1.21. The number of aliphatic carboxylic acids is 1. The van der Waals surface area contributed by atoms with Crippen molar-refractivity contribution in [2.75, 3.05) is 0 Å². The maximum absolute atomic E-state index is 9.76. The van der Waals surface area contributed by atoms with Gasteiger partial charge in [-0.3, -0.25) is 4.79 Å². The number of alkyl halides is 3. The van der Waals surface area contributed by atoms with Gasteiger partial charge in [-0.1, -0.05) is 34.8 Å². The molecule has 9 heavy (non-hydrogen) atoms. The van der Waals surface area contributed by atoms with Crippen LogP contribution in [0.5, 0.6) is 0 Å². The van der Waals surface area contributed by atoms with Crippen LogP contribution < -0.4 is 0 Å². The zero-order valence-corrected chi connectivity index (χ0v) is 6.46. The third-order valence-electron chi connectivity index (χ3n) is 0.352.